The summed E-state index contributed by atoms with van der Waals surface area (Å²) in [6.07, 6.45) is 6.20. The molecule has 17 heavy (non-hydrogen) atoms. The third-order valence-corrected chi connectivity index (χ3v) is 3.47. The van der Waals surface area contributed by atoms with Crippen molar-refractivity contribution in [2.75, 3.05) is 5.32 Å². The van der Waals surface area contributed by atoms with E-state index in [1.807, 2.05) is 6.92 Å². The number of rotatable bonds is 2. The highest BCUT2D eigenvalue weighted by Crippen LogP contribution is 2.24. The molecule has 0 bridgehead atoms. The Balaban J connectivity index is 2.02. The molecule has 1 aromatic heterocycles. The molecule has 0 saturated heterocycles. The third-order valence-electron chi connectivity index (χ3n) is 3.47. The van der Waals surface area contributed by atoms with Crippen molar-refractivity contribution >= 4 is 5.82 Å². The van der Waals surface area contributed by atoms with Crippen LogP contribution in [0, 0.1) is 12.8 Å². The van der Waals surface area contributed by atoms with E-state index in [9.17, 15) is 4.79 Å². The van der Waals surface area contributed by atoms with E-state index in [0.717, 1.165) is 5.92 Å². The first-order valence-electron chi connectivity index (χ1n) is 6.48. The molecule has 0 aromatic carbocycles. The second-order valence-electron chi connectivity index (χ2n) is 5.17. The molecule has 0 aliphatic heterocycles. The first kappa shape index (κ1) is 12.1. The molecular formula is C13H21N3O. The van der Waals surface area contributed by atoms with Crippen molar-refractivity contribution in [2.45, 2.75) is 52.0 Å². The van der Waals surface area contributed by atoms with Crippen LogP contribution in [0.3, 0.4) is 0 Å². The molecule has 0 amide bonds. The lowest BCUT2D eigenvalue weighted by molar-refractivity contribution is 0.502. The van der Waals surface area contributed by atoms with Gasteiger partial charge in [0.2, 0.25) is 0 Å². The van der Waals surface area contributed by atoms with Crippen LogP contribution in [0.1, 0.15) is 44.9 Å². The quantitative estimate of drug-likeness (QED) is 0.774. The fourth-order valence-electron chi connectivity index (χ4n) is 2.49. The van der Waals surface area contributed by atoms with E-state index in [1.54, 1.807) is 6.07 Å². The highest BCUT2D eigenvalue weighted by atomic mass is 16.1. The lowest BCUT2D eigenvalue weighted by Crippen LogP contribution is -2.21. The minimum absolute atomic E-state index is 0.0815. The van der Waals surface area contributed by atoms with E-state index in [0.29, 0.717) is 17.7 Å². The average Bonchev–Trinajstić information content (AvgIpc) is 2.42. The molecular weight excluding hydrogens is 214 g/mol. The van der Waals surface area contributed by atoms with Crippen molar-refractivity contribution in [3.8, 4) is 0 Å². The summed E-state index contributed by atoms with van der Waals surface area (Å²) >= 11 is 0. The number of aryl methyl sites for hydroxylation is 1. The number of hydrogen-bond acceptors (Lipinski definition) is 3. The van der Waals surface area contributed by atoms with Gasteiger partial charge in [0.25, 0.3) is 5.56 Å². The predicted octanol–water partition coefficient (Wildman–Crippen LogP) is 2.46. The van der Waals surface area contributed by atoms with Gasteiger partial charge in [0.05, 0.1) is 0 Å². The summed E-state index contributed by atoms with van der Waals surface area (Å²) in [6.45, 7) is 4.12. The molecule has 1 heterocycles. The van der Waals surface area contributed by atoms with Crippen molar-refractivity contribution < 1.29 is 0 Å². The largest absolute Gasteiger partial charge is 0.367 e. The molecule has 2 rings (SSSR count). The van der Waals surface area contributed by atoms with Crippen molar-refractivity contribution in [3.63, 3.8) is 0 Å². The van der Waals surface area contributed by atoms with E-state index in [1.165, 1.54) is 32.1 Å². The smallest absolute Gasteiger partial charge is 0.252 e. The summed E-state index contributed by atoms with van der Waals surface area (Å²) in [5, 5.41) is 3.39. The van der Waals surface area contributed by atoms with Gasteiger partial charge < -0.3 is 10.3 Å². The van der Waals surface area contributed by atoms with Gasteiger partial charge in [-0.15, -0.1) is 0 Å². The topological polar surface area (TPSA) is 57.8 Å². The lowest BCUT2D eigenvalue weighted by atomic mass is 10.0. The van der Waals surface area contributed by atoms with Gasteiger partial charge in [-0.05, 0) is 32.1 Å². The van der Waals surface area contributed by atoms with E-state index in [-0.39, 0.29) is 5.56 Å². The lowest BCUT2D eigenvalue weighted by Gasteiger charge is -2.16. The number of aromatic amines is 1. The summed E-state index contributed by atoms with van der Waals surface area (Å²) in [4.78, 5) is 18.3. The summed E-state index contributed by atoms with van der Waals surface area (Å²) in [7, 11) is 0. The summed E-state index contributed by atoms with van der Waals surface area (Å²) < 4.78 is 0. The predicted molar refractivity (Wildman–Crippen MR) is 69.3 cm³/mol. The standard InChI is InChI=1S/C13H21N3O/c1-9-4-3-5-11(7-6-9)16-12-8-13(17)15-10(2)14-12/h8-9,11H,3-7H2,1-2H3,(H2,14,15,16,17). The zero-order chi connectivity index (χ0) is 12.3. The molecule has 1 aromatic rings. The number of aromatic nitrogens is 2. The van der Waals surface area contributed by atoms with Gasteiger partial charge >= 0.3 is 0 Å². The minimum Gasteiger partial charge on any atom is -0.367 e. The second-order valence-corrected chi connectivity index (χ2v) is 5.17. The second kappa shape index (κ2) is 5.34. The maximum atomic E-state index is 11.3. The number of anilines is 1. The third kappa shape index (κ3) is 3.58. The first-order valence-corrected chi connectivity index (χ1v) is 6.48. The van der Waals surface area contributed by atoms with Gasteiger partial charge in [0.1, 0.15) is 11.6 Å². The average molecular weight is 235 g/mol. The number of H-pyrrole nitrogens is 1. The first-order chi connectivity index (χ1) is 8.13. The number of hydrogen-bond donors (Lipinski definition) is 2. The molecule has 4 nitrogen and oxygen atoms in total. The molecule has 1 fully saturated rings. The van der Waals surface area contributed by atoms with Crippen LogP contribution in [0.15, 0.2) is 10.9 Å². The molecule has 2 atom stereocenters. The van der Waals surface area contributed by atoms with Gasteiger partial charge in [-0.3, -0.25) is 4.79 Å². The van der Waals surface area contributed by atoms with Gasteiger partial charge in [0, 0.05) is 12.1 Å². The normalized spacial score (nSPS) is 25.3. The maximum Gasteiger partial charge on any atom is 0.252 e. The highest BCUT2D eigenvalue weighted by molar-refractivity contribution is 5.34. The molecule has 94 valence electrons. The Bertz CT molecular complexity index is 427. The van der Waals surface area contributed by atoms with Gasteiger partial charge in [-0.25, -0.2) is 4.98 Å². The Morgan fingerprint density at radius 2 is 2.18 bits per heavy atom. The van der Waals surface area contributed by atoms with Crippen LogP contribution in [-0.4, -0.2) is 16.0 Å². The van der Waals surface area contributed by atoms with E-state index in [4.69, 9.17) is 0 Å². The van der Waals surface area contributed by atoms with Crippen LogP contribution in [-0.2, 0) is 0 Å². The molecule has 4 heteroatoms. The number of nitrogens with one attached hydrogen (secondary N) is 2. The SMILES string of the molecule is Cc1nc(NC2CCCC(C)CC2)cc(=O)[nH]1. The van der Waals surface area contributed by atoms with Crippen LogP contribution >= 0.6 is 0 Å². The molecule has 2 unspecified atom stereocenters. The molecule has 2 N–H and O–H groups in total. The van der Waals surface area contributed by atoms with Gasteiger partial charge in [-0.1, -0.05) is 19.8 Å². The van der Waals surface area contributed by atoms with Gasteiger partial charge in [-0.2, -0.15) is 0 Å². The molecule has 0 radical (unpaired) electrons. The molecule has 1 saturated carbocycles. The Labute approximate surface area is 102 Å². The zero-order valence-corrected chi connectivity index (χ0v) is 10.6. The van der Waals surface area contributed by atoms with Crippen molar-refractivity contribution in [3.05, 3.63) is 22.2 Å². The van der Waals surface area contributed by atoms with Crippen molar-refractivity contribution in [1.82, 2.24) is 9.97 Å². The Kier molecular flexibility index (Phi) is 3.82. The van der Waals surface area contributed by atoms with E-state index in [2.05, 4.69) is 22.2 Å². The fourth-order valence-corrected chi connectivity index (χ4v) is 2.49. The van der Waals surface area contributed by atoms with Gasteiger partial charge in [0.15, 0.2) is 0 Å². The zero-order valence-electron chi connectivity index (χ0n) is 10.6. The molecule has 1 aliphatic carbocycles. The summed E-state index contributed by atoms with van der Waals surface area (Å²) in [5.41, 5.74) is -0.0815. The molecule has 1 aliphatic rings. The van der Waals surface area contributed by atoms with Crippen LogP contribution in [0.4, 0.5) is 5.82 Å². The monoisotopic (exact) mass is 235 g/mol. The Morgan fingerprint density at radius 1 is 1.35 bits per heavy atom. The van der Waals surface area contributed by atoms with E-state index >= 15 is 0 Å². The van der Waals surface area contributed by atoms with Crippen LogP contribution < -0.4 is 10.9 Å². The van der Waals surface area contributed by atoms with Crippen LogP contribution in [0.5, 0.6) is 0 Å². The van der Waals surface area contributed by atoms with Crippen LogP contribution in [0.2, 0.25) is 0 Å². The van der Waals surface area contributed by atoms with Crippen molar-refractivity contribution in [2.24, 2.45) is 5.92 Å². The summed E-state index contributed by atoms with van der Waals surface area (Å²) in [5.74, 6) is 2.21. The van der Waals surface area contributed by atoms with Crippen molar-refractivity contribution in [1.29, 1.82) is 0 Å². The van der Waals surface area contributed by atoms with E-state index < -0.39 is 0 Å². The summed E-state index contributed by atoms with van der Waals surface area (Å²) in [6, 6.07) is 2.01. The Morgan fingerprint density at radius 3 is 2.94 bits per heavy atom. The number of nitrogens with zero attached hydrogens (tertiary/aromatic N) is 1. The van der Waals surface area contributed by atoms with Crippen LogP contribution in [0.25, 0.3) is 0 Å². The highest BCUT2D eigenvalue weighted by Gasteiger charge is 2.16. The maximum absolute atomic E-state index is 11.3. The Hall–Kier alpha value is -1.32. The fraction of sp³-hybridized carbons (Fsp3) is 0.692. The minimum atomic E-state index is -0.0815. The molecule has 0 spiro atoms.